The van der Waals surface area contributed by atoms with Gasteiger partial charge in [-0.2, -0.15) is 5.26 Å². The molecule has 4 nitrogen and oxygen atoms in total. The molecule has 0 spiro atoms. The first kappa shape index (κ1) is 21.2. The van der Waals surface area contributed by atoms with Crippen molar-refractivity contribution < 1.29 is 4.74 Å². The number of nitrogens with zero attached hydrogens (tertiary/aromatic N) is 3. The van der Waals surface area contributed by atoms with E-state index in [4.69, 9.17) is 15.1 Å². The number of hydrogen-bond donors (Lipinski definition) is 0. The average molecular weight is 414 g/mol. The Labute approximate surface area is 185 Å². The van der Waals surface area contributed by atoms with E-state index in [2.05, 4.69) is 44.2 Å². The van der Waals surface area contributed by atoms with Crippen LogP contribution in [0, 0.1) is 30.1 Å². The standard InChI is InChI=1S/C27H31N3O/c1-3-21-6-8-22(9-7-21)16-17-31-27-18-26(24-12-4-20(2)5-13-24)30(29-27)25-14-10-23(19-28)11-15-25/h4-5,10-15,18,21-22H,3,6-9,16-17H2,1-2H3. The summed E-state index contributed by atoms with van der Waals surface area (Å²) in [5.41, 5.74) is 4.87. The normalized spacial score (nSPS) is 18.5. The Morgan fingerprint density at radius 3 is 2.32 bits per heavy atom. The molecular formula is C27H31N3O. The number of aryl methyl sites for hydroxylation is 1. The largest absolute Gasteiger partial charge is 0.477 e. The summed E-state index contributed by atoms with van der Waals surface area (Å²) in [5, 5.41) is 13.9. The van der Waals surface area contributed by atoms with E-state index >= 15 is 0 Å². The molecule has 1 aliphatic rings. The van der Waals surface area contributed by atoms with E-state index in [9.17, 15) is 0 Å². The molecular weight excluding hydrogens is 382 g/mol. The van der Waals surface area contributed by atoms with E-state index in [1.807, 2.05) is 35.0 Å². The fraction of sp³-hybridized carbons (Fsp3) is 0.407. The third-order valence-corrected chi connectivity index (χ3v) is 6.59. The van der Waals surface area contributed by atoms with E-state index in [-0.39, 0.29) is 0 Å². The minimum atomic E-state index is 0.641. The molecule has 1 aromatic heterocycles. The van der Waals surface area contributed by atoms with Crippen LogP contribution in [0.4, 0.5) is 0 Å². The van der Waals surface area contributed by atoms with Crippen LogP contribution in [-0.4, -0.2) is 16.4 Å². The molecule has 2 aromatic carbocycles. The quantitative estimate of drug-likeness (QED) is 0.433. The van der Waals surface area contributed by atoms with Crippen LogP contribution in [0.1, 0.15) is 56.6 Å². The van der Waals surface area contributed by atoms with Gasteiger partial charge in [-0.1, -0.05) is 68.9 Å². The molecule has 0 bridgehead atoms. The first-order valence-electron chi connectivity index (χ1n) is 11.5. The molecule has 4 heteroatoms. The zero-order valence-electron chi connectivity index (χ0n) is 18.6. The number of aromatic nitrogens is 2. The van der Waals surface area contributed by atoms with Crippen molar-refractivity contribution >= 4 is 0 Å². The number of nitriles is 1. The van der Waals surface area contributed by atoms with Gasteiger partial charge in [0.15, 0.2) is 0 Å². The molecule has 0 aliphatic heterocycles. The van der Waals surface area contributed by atoms with Crippen LogP contribution in [0.15, 0.2) is 54.6 Å². The van der Waals surface area contributed by atoms with Crippen molar-refractivity contribution in [1.29, 1.82) is 5.26 Å². The Morgan fingerprint density at radius 1 is 1.00 bits per heavy atom. The van der Waals surface area contributed by atoms with E-state index < -0.39 is 0 Å². The Bertz CT molecular complexity index is 1020. The second-order valence-corrected chi connectivity index (χ2v) is 8.74. The maximum Gasteiger partial charge on any atom is 0.233 e. The Kier molecular flexibility index (Phi) is 6.72. The van der Waals surface area contributed by atoms with Crippen LogP contribution in [0.5, 0.6) is 5.88 Å². The van der Waals surface area contributed by atoms with Gasteiger partial charge < -0.3 is 4.74 Å². The van der Waals surface area contributed by atoms with Crippen molar-refractivity contribution in [2.75, 3.05) is 6.61 Å². The predicted molar refractivity (Wildman–Crippen MR) is 124 cm³/mol. The lowest BCUT2D eigenvalue weighted by molar-refractivity contribution is 0.211. The first-order valence-corrected chi connectivity index (χ1v) is 11.5. The van der Waals surface area contributed by atoms with Crippen LogP contribution >= 0.6 is 0 Å². The number of hydrogen-bond acceptors (Lipinski definition) is 3. The maximum absolute atomic E-state index is 9.10. The van der Waals surface area contributed by atoms with Crippen molar-refractivity contribution in [3.05, 3.63) is 65.7 Å². The van der Waals surface area contributed by atoms with Crippen molar-refractivity contribution in [3.63, 3.8) is 0 Å². The maximum atomic E-state index is 9.10. The summed E-state index contributed by atoms with van der Waals surface area (Å²) < 4.78 is 8.02. The fourth-order valence-electron chi connectivity index (χ4n) is 4.49. The average Bonchev–Trinajstić information content (AvgIpc) is 3.24. The first-order chi connectivity index (χ1) is 15.2. The summed E-state index contributed by atoms with van der Waals surface area (Å²) in [6, 6.07) is 20.2. The van der Waals surface area contributed by atoms with Gasteiger partial charge in [-0.05, 0) is 49.4 Å². The van der Waals surface area contributed by atoms with Gasteiger partial charge in [-0.15, -0.1) is 5.10 Å². The van der Waals surface area contributed by atoms with Gasteiger partial charge in [0.25, 0.3) is 0 Å². The van der Waals surface area contributed by atoms with E-state index in [1.54, 1.807) is 0 Å². The Morgan fingerprint density at radius 2 is 1.68 bits per heavy atom. The topological polar surface area (TPSA) is 50.8 Å². The minimum absolute atomic E-state index is 0.641. The Hall–Kier alpha value is -3.06. The Balaban J connectivity index is 1.50. The summed E-state index contributed by atoms with van der Waals surface area (Å²) in [4.78, 5) is 0. The molecule has 4 rings (SSSR count). The zero-order valence-corrected chi connectivity index (χ0v) is 18.6. The molecule has 1 aliphatic carbocycles. The molecule has 1 saturated carbocycles. The predicted octanol–water partition coefficient (Wildman–Crippen LogP) is 6.70. The van der Waals surface area contributed by atoms with Gasteiger partial charge in [0.05, 0.1) is 29.6 Å². The van der Waals surface area contributed by atoms with Crippen molar-refractivity contribution in [2.45, 2.75) is 52.4 Å². The molecule has 0 unspecified atom stereocenters. The molecule has 0 N–H and O–H groups in total. The van der Waals surface area contributed by atoms with E-state index in [1.165, 1.54) is 37.7 Å². The lowest BCUT2D eigenvalue weighted by Crippen LogP contribution is -2.16. The zero-order chi connectivity index (χ0) is 21.6. The summed E-state index contributed by atoms with van der Waals surface area (Å²) >= 11 is 0. The molecule has 0 amide bonds. The molecule has 0 atom stereocenters. The number of rotatable bonds is 7. The van der Waals surface area contributed by atoms with Crippen LogP contribution in [0.3, 0.4) is 0 Å². The van der Waals surface area contributed by atoms with Crippen LogP contribution < -0.4 is 4.74 Å². The molecule has 1 heterocycles. The highest BCUT2D eigenvalue weighted by Gasteiger charge is 2.20. The van der Waals surface area contributed by atoms with Gasteiger partial charge in [-0.3, -0.25) is 0 Å². The van der Waals surface area contributed by atoms with Gasteiger partial charge >= 0.3 is 0 Å². The lowest BCUT2D eigenvalue weighted by Gasteiger charge is -2.27. The SMILES string of the molecule is CCC1CCC(CCOc2cc(-c3ccc(C)cc3)n(-c3ccc(C#N)cc3)n2)CC1. The molecule has 160 valence electrons. The summed E-state index contributed by atoms with van der Waals surface area (Å²) in [7, 11) is 0. The van der Waals surface area contributed by atoms with Gasteiger partial charge in [-0.25, -0.2) is 4.68 Å². The molecule has 0 radical (unpaired) electrons. The van der Waals surface area contributed by atoms with Crippen molar-refractivity contribution in [3.8, 4) is 28.9 Å². The van der Waals surface area contributed by atoms with Crippen LogP contribution in [0.2, 0.25) is 0 Å². The molecule has 3 aromatic rings. The minimum Gasteiger partial charge on any atom is -0.477 e. The van der Waals surface area contributed by atoms with Gasteiger partial charge in [0.2, 0.25) is 5.88 Å². The van der Waals surface area contributed by atoms with Crippen molar-refractivity contribution in [1.82, 2.24) is 9.78 Å². The van der Waals surface area contributed by atoms with Crippen LogP contribution in [0.25, 0.3) is 16.9 Å². The second-order valence-electron chi connectivity index (χ2n) is 8.74. The monoisotopic (exact) mass is 413 g/mol. The number of benzene rings is 2. The second kappa shape index (κ2) is 9.83. The van der Waals surface area contributed by atoms with Crippen LogP contribution in [-0.2, 0) is 0 Å². The highest BCUT2D eigenvalue weighted by atomic mass is 16.5. The highest BCUT2D eigenvalue weighted by molar-refractivity contribution is 5.64. The third kappa shape index (κ3) is 5.17. The lowest BCUT2D eigenvalue weighted by atomic mass is 9.80. The summed E-state index contributed by atoms with van der Waals surface area (Å²) in [5.74, 6) is 2.36. The van der Waals surface area contributed by atoms with Gasteiger partial charge in [0.1, 0.15) is 0 Å². The summed E-state index contributed by atoms with van der Waals surface area (Å²) in [6.45, 7) is 5.10. The third-order valence-electron chi connectivity index (χ3n) is 6.59. The van der Waals surface area contributed by atoms with E-state index in [0.29, 0.717) is 18.1 Å². The molecule has 0 saturated heterocycles. The highest BCUT2D eigenvalue weighted by Crippen LogP contribution is 2.33. The van der Waals surface area contributed by atoms with Crippen molar-refractivity contribution in [2.24, 2.45) is 11.8 Å². The molecule has 31 heavy (non-hydrogen) atoms. The fourth-order valence-corrected chi connectivity index (χ4v) is 4.49. The summed E-state index contributed by atoms with van der Waals surface area (Å²) in [6.07, 6.45) is 7.81. The van der Waals surface area contributed by atoms with Gasteiger partial charge in [0, 0.05) is 11.6 Å². The molecule has 1 fully saturated rings. The number of ether oxygens (including phenoxy) is 1. The van der Waals surface area contributed by atoms with E-state index in [0.717, 1.165) is 35.2 Å². The smallest absolute Gasteiger partial charge is 0.233 e.